The molecular formula is C21H24FN3O2S. The first-order valence-corrected chi connectivity index (χ1v) is 10.8. The van der Waals surface area contributed by atoms with Crippen LogP contribution in [0.3, 0.4) is 0 Å². The number of anilines is 1. The quantitative estimate of drug-likeness (QED) is 0.609. The van der Waals surface area contributed by atoms with Crippen LogP contribution in [0.1, 0.15) is 24.0 Å². The van der Waals surface area contributed by atoms with Crippen LogP contribution >= 0.6 is 0 Å². The first kappa shape index (κ1) is 19.0. The van der Waals surface area contributed by atoms with Crippen molar-refractivity contribution >= 4 is 22.5 Å². The SMILES string of the molecule is Nc1cc(-c2ccc3c(c2)C=CN(C2CCN(C[SH](=O)=O)CC2)C3)ccc1F. The largest absolute Gasteiger partial charge is 0.396 e. The number of rotatable bonds is 4. The molecule has 1 saturated heterocycles. The summed E-state index contributed by atoms with van der Waals surface area (Å²) in [4.78, 5) is 4.36. The van der Waals surface area contributed by atoms with Gasteiger partial charge in [0, 0.05) is 31.9 Å². The summed E-state index contributed by atoms with van der Waals surface area (Å²) < 4.78 is 35.2. The molecule has 0 aliphatic carbocycles. The fourth-order valence-corrected chi connectivity index (χ4v) is 4.64. The second-order valence-electron chi connectivity index (χ2n) is 7.46. The number of benzene rings is 2. The Morgan fingerprint density at radius 3 is 2.50 bits per heavy atom. The fourth-order valence-electron chi connectivity index (χ4n) is 4.03. The van der Waals surface area contributed by atoms with Gasteiger partial charge in [-0.05, 0) is 59.4 Å². The third-order valence-electron chi connectivity index (χ3n) is 5.62. The van der Waals surface area contributed by atoms with Crippen molar-refractivity contribution < 1.29 is 12.8 Å². The zero-order valence-corrected chi connectivity index (χ0v) is 16.4. The van der Waals surface area contributed by atoms with Crippen LogP contribution in [0.25, 0.3) is 17.2 Å². The third-order valence-corrected chi connectivity index (χ3v) is 6.25. The molecule has 0 spiro atoms. The molecule has 5 nitrogen and oxygen atoms in total. The van der Waals surface area contributed by atoms with E-state index in [4.69, 9.17) is 5.73 Å². The average Bonchev–Trinajstić information content (AvgIpc) is 2.69. The lowest BCUT2D eigenvalue weighted by Crippen LogP contribution is -2.43. The number of halogens is 1. The van der Waals surface area contributed by atoms with Crippen molar-refractivity contribution in [3.63, 3.8) is 0 Å². The summed E-state index contributed by atoms with van der Waals surface area (Å²) in [7, 11) is -2.34. The summed E-state index contributed by atoms with van der Waals surface area (Å²) in [5.41, 5.74) is 10.2. The molecule has 1 fully saturated rings. The maximum atomic E-state index is 13.4. The zero-order chi connectivity index (χ0) is 19.7. The van der Waals surface area contributed by atoms with Crippen molar-refractivity contribution in [1.82, 2.24) is 9.80 Å². The number of hydrogen-bond donors (Lipinski definition) is 2. The van der Waals surface area contributed by atoms with Crippen molar-refractivity contribution in [3.05, 3.63) is 59.5 Å². The highest BCUT2D eigenvalue weighted by atomic mass is 32.2. The first-order valence-electron chi connectivity index (χ1n) is 9.46. The minimum atomic E-state index is -2.34. The average molecular weight is 402 g/mol. The van der Waals surface area contributed by atoms with Crippen LogP contribution in [0, 0.1) is 5.82 Å². The monoisotopic (exact) mass is 401 g/mol. The number of likely N-dealkylation sites (tertiary alicyclic amines) is 1. The Hall–Kier alpha value is -2.38. The molecule has 0 amide bonds. The number of fused-ring (bicyclic) bond motifs is 1. The molecule has 28 heavy (non-hydrogen) atoms. The molecule has 2 aliphatic rings. The van der Waals surface area contributed by atoms with Crippen molar-refractivity contribution in [2.45, 2.75) is 25.4 Å². The van der Waals surface area contributed by atoms with Crippen molar-refractivity contribution in [1.29, 1.82) is 0 Å². The van der Waals surface area contributed by atoms with E-state index < -0.39 is 16.5 Å². The number of piperidine rings is 1. The van der Waals surface area contributed by atoms with Crippen LogP contribution < -0.4 is 5.73 Å². The van der Waals surface area contributed by atoms with Gasteiger partial charge in [0.15, 0.2) is 10.7 Å². The summed E-state index contributed by atoms with van der Waals surface area (Å²) in [6, 6.07) is 11.5. The van der Waals surface area contributed by atoms with Gasteiger partial charge in [-0.1, -0.05) is 18.2 Å². The predicted molar refractivity (Wildman–Crippen MR) is 111 cm³/mol. The second-order valence-corrected chi connectivity index (χ2v) is 8.41. The summed E-state index contributed by atoms with van der Waals surface area (Å²) >= 11 is 0. The van der Waals surface area contributed by atoms with Crippen LogP contribution in [0.5, 0.6) is 0 Å². The minimum absolute atomic E-state index is 0.157. The number of nitrogen functional groups attached to an aromatic ring is 1. The second kappa shape index (κ2) is 7.93. The molecule has 0 aromatic heterocycles. The normalized spacial score (nSPS) is 17.9. The van der Waals surface area contributed by atoms with E-state index in [0.717, 1.165) is 49.2 Å². The van der Waals surface area contributed by atoms with E-state index in [-0.39, 0.29) is 11.6 Å². The Kier molecular flexibility index (Phi) is 5.37. The molecule has 0 atom stereocenters. The molecule has 2 heterocycles. The number of hydrogen-bond acceptors (Lipinski definition) is 5. The van der Waals surface area contributed by atoms with Gasteiger partial charge in [-0.2, -0.15) is 0 Å². The molecule has 7 heteroatoms. The van der Waals surface area contributed by atoms with Crippen LogP contribution in [-0.4, -0.2) is 43.2 Å². The lowest BCUT2D eigenvalue weighted by molar-refractivity contribution is 0.150. The summed E-state index contributed by atoms with van der Waals surface area (Å²) in [6.07, 6.45) is 6.20. The molecule has 2 aliphatic heterocycles. The molecule has 2 aromatic rings. The Balaban J connectivity index is 1.45. The summed E-state index contributed by atoms with van der Waals surface area (Å²) in [5.74, 6) is -0.234. The molecule has 0 radical (unpaired) electrons. The Morgan fingerprint density at radius 2 is 1.79 bits per heavy atom. The van der Waals surface area contributed by atoms with Gasteiger partial charge in [0.2, 0.25) is 0 Å². The molecule has 0 saturated carbocycles. The van der Waals surface area contributed by atoms with Crippen LogP contribution in [-0.2, 0) is 17.2 Å². The molecule has 4 rings (SSSR count). The molecule has 0 unspecified atom stereocenters. The molecule has 148 valence electrons. The van der Waals surface area contributed by atoms with Crippen LogP contribution in [0.15, 0.2) is 42.6 Å². The zero-order valence-electron chi connectivity index (χ0n) is 15.6. The first-order chi connectivity index (χ1) is 13.5. The van der Waals surface area contributed by atoms with Gasteiger partial charge in [0.1, 0.15) is 5.82 Å². The Bertz CT molecular complexity index is 974. The lowest BCUT2D eigenvalue weighted by atomic mass is 9.95. The minimum Gasteiger partial charge on any atom is -0.396 e. The maximum Gasteiger partial charge on any atom is 0.153 e. The van der Waals surface area contributed by atoms with Crippen molar-refractivity contribution in [2.24, 2.45) is 0 Å². The number of nitrogens with two attached hydrogens (primary N) is 1. The molecule has 2 N–H and O–H groups in total. The van der Waals surface area contributed by atoms with E-state index in [2.05, 4.69) is 35.4 Å². The highest BCUT2D eigenvalue weighted by molar-refractivity contribution is 7.72. The van der Waals surface area contributed by atoms with Crippen molar-refractivity contribution in [3.8, 4) is 11.1 Å². The Labute approximate surface area is 166 Å². The van der Waals surface area contributed by atoms with Gasteiger partial charge >= 0.3 is 0 Å². The van der Waals surface area contributed by atoms with E-state index in [0.29, 0.717) is 6.04 Å². The Morgan fingerprint density at radius 1 is 1.07 bits per heavy atom. The van der Waals surface area contributed by atoms with Crippen LogP contribution in [0.4, 0.5) is 10.1 Å². The standard InChI is InChI=1S/C21H24FN3O2S/c22-20-4-3-16(12-21(20)23)15-1-2-18-13-25(10-5-17(18)11-15)19-6-8-24(9-7-19)14-28(26)27/h1-5,10-12,19,28H,6-9,13-14,23H2. The smallest absolute Gasteiger partial charge is 0.153 e. The number of thiol groups is 1. The highest BCUT2D eigenvalue weighted by Crippen LogP contribution is 2.30. The topological polar surface area (TPSA) is 66.6 Å². The highest BCUT2D eigenvalue weighted by Gasteiger charge is 2.25. The van der Waals surface area contributed by atoms with Gasteiger partial charge in [0.05, 0.1) is 11.6 Å². The molecule has 0 bridgehead atoms. The van der Waals surface area contributed by atoms with E-state index in [9.17, 15) is 12.8 Å². The fraction of sp³-hybridized carbons (Fsp3) is 0.333. The van der Waals surface area contributed by atoms with Gasteiger partial charge < -0.3 is 10.6 Å². The van der Waals surface area contributed by atoms with E-state index in [1.54, 1.807) is 12.1 Å². The predicted octanol–water partition coefficient (Wildman–Crippen LogP) is 2.89. The van der Waals surface area contributed by atoms with E-state index in [1.165, 1.54) is 11.6 Å². The lowest BCUT2D eigenvalue weighted by Gasteiger charge is -2.39. The molecular weight excluding hydrogens is 377 g/mol. The van der Waals surface area contributed by atoms with Gasteiger partial charge in [-0.25, -0.2) is 12.8 Å². The third kappa shape index (κ3) is 4.05. The van der Waals surface area contributed by atoms with Crippen LogP contribution in [0.2, 0.25) is 0 Å². The van der Waals surface area contributed by atoms with Gasteiger partial charge in [0.25, 0.3) is 0 Å². The summed E-state index contributed by atoms with van der Waals surface area (Å²) in [5, 5.41) is 0. The maximum absolute atomic E-state index is 13.4. The van der Waals surface area contributed by atoms with E-state index in [1.807, 2.05) is 4.90 Å². The summed E-state index contributed by atoms with van der Waals surface area (Å²) in [6.45, 7) is 2.48. The van der Waals surface area contributed by atoms with Crippen molar-refractivity contribution in [2.75, 3.05) is 24.7 Å². The van der Waals surface area contributed by atoms with Gasteiger partial charge in [-0.15, -0.1) is 0 Å². The van der Waals surface area contributed by atoms with E-state index >= 15 is 0 Å². The molecule has 2 aromatic carbocycles. The number of nitrogens with zero attached hydrogens (tertiary/aromatic N) is 2. The van der Waals surface area contributed by atoms with Gasteiger partial charge in [-0.3, -0.25) is 4.90 Å².